The van der Waals surface area contributed by atoms with Crippen molar-refractivity contribution in [2.24, 2.45) is 0 Å². The maximum atomic E-state index is 9.11. The minimum atomic E-state index is -0.369. The summed E-state index contributed by atoms with van der Waals surface area (Å²) in [7, 11) is 0. The van der Waals surface area contributed by atoms with Crippen LogP contribution in [0.15, 0.2) is 18.2 Å². The van der Waals surface area contributed by atoms with Gasteiger partial charge in [0.25, 0.3) is 0 Å². The SMILES string of the molecule is CCC(C)NC(C#N)c1cc(Cl)cc(Cl)c1. The molecule has 0 aliphatic rings. The van der Waals surface area contributed by atoms with Crippen molar-refractivity contribution in [2.75, 3.05) is 0 Å². The second-order valence-electron chi connectivity index (χ2n) is 3.74. The number of halogens is 2. The monoisotopic (exact) mass is 256 g/mol. The van der Waals surface area contributed by atoms with Gasteiger partial charge in [0.05, 0.1) is 6.07 Å². The second-order valence-corrected chi connectivity index (χ2v) is 4.61. The van der Waals surface area contributed by atoms with Gasteiger partial charge >= 0.3 is 0 Å². The molecule has 0 amide bonds. The summed E-state index contributed by atoms with van der Waals surface area (Å²) in [5.41, 5.74) is 0.806. The molecule has 1 aromatic rings. The number of benzene rings is 1. The Balaban J connectivity index is 2.91. The number of nitrogens with one attached hydrogen (secondary N) is 1. The summed E-state index contributed by atoms with van der Waals surface area (Å²) in [6.45, 7) is 4.10. The fourth-order valence-electron chi connectivity index (χ4n) is 1.35. The molecule has 2 atom stereocenters. The molecular formula is C12H14Cl2N2. The molecule has 1 N–H and O–H groups in total. The molecule has 0 aliphatic carbocycles. The van der Waals surface area contributed by atoms with Crippen LogP contribution in [0.3, 0.4) is 0 Å². The third kappa shape index (κ3) is 3.68. The maximum absolute atomic E-state index is 9.11. The summed E-state index contributed by atoms with van der Waals surface area (Å²) in [6, 6.07) is 7.30. The number of hydrogen-bond donors (Lipinski definition) is 1. The van der Waals surface area contributed by atoms with Crippen LogP contribution in [-0.4, -0.2) is 6.04 Å². The average Bonchev–Trinajstić information content (AvgIpc) is 2.24. The fourth-order valence-corrected chi connectivity index (χ4v) is 1.90. The molecule has 0 aliphatic heterocycles. The highest BCUT2D eigenvalue weighted by molar-refractivity contribution is 6.34. The zero-order chi connectivity index (χ0) is 12.1. The van der Waals surface area contributed by atoms with E-state index in [1.54, 1.807) is 18.2 Å². The van der Waals surface area contributed by atoms with Crippen LogP contribution < -0.4 is 5.32 Å². The van der Waals surface area contributed by atoms with Gasteiger partial charge in [0.15, 0.2) is 0 Å². The third-order valence-corrected chi connectivity index (χ3v) is 2.85. The first-order chi connectivity index (χ1) is 7.56. The lowest BCUT2D eigenvalue weighted by molar-refractivity contribution is 0.501. The lowest BCUT2D eigenvalue weighted by atomic mass is 10.1. The van der Waals surface area contributed by atoms with Crippen LogP contribution in [0.4, 0.5) is 0 Å². The van der Waals surface area contributed by atoms with Crippen LogP contribution in [-0.2, 0) is 0 Å². The van der Waals surface area contributed by atoms with Gasteiger partial charge in [0, 0.05) is 16.1 Å². The van der Waals surface area contributed by atoms with Crippen LogP contribution in [0.5, 0.6) is 0 Å². The first-order valence-electron chi connectivity index (χ1n) is 5.18. The van der Waals surface area contributed by atoms with Gasteiger partial charge in [-0.1, -0.05) is 30.1 Å². The molecule has 1 rings (SSSR count). The molecule has 0 spiro atoms. The van der Waals surface area contributed by atoms with E-state index in [2.05, 4.69) is 18.3 Å². The maximum Gasteiger partial charge on any atom is 0.121 e. The van der Waals surface area contributed by atoms with Crippen molar-refractivity contribution in [3.05, 3.63) is 33.8 Å². The van der Waals surface area contributed by atoms with E-state index in [1.165, 1.54) is 0 Å². The standard InChI is InChI=1S/C12H14Cl2N2/c1-3-8(2)16-12(7-15)9-4-10(13)6-11(14)5-9/h4-6,8,12,16H,3H2,1-2H3. The van der Waals surface area contributed by atoms with E-state index >= 15 is 0 Å². The van der Waals surface area contributed by atoms with Crippen LogP contribution in [0.2, 0.25) is 10.0 Å². The van der Waals surface area contributed by atoms with Gasteiger partial charge in [-0.3, -0.25) is 5.32 Å². The number of rotatable bonds is 4. The largest absolute Gasteiger partial charge is 0.296 e. The zero-order valence-corrected chi connectivity index (χ0v) is 10.8. The normalized spacial score (nSPS) is 14.2. The first kappa shape index (κ1) is 13.3. The molecular weight excluding hydrogens is 243 g/mol. The molecule has 0 saturated carbocycles. The molecule has 2 nitrogen and oxygen atoms in total. The topological polar surface area (TPSA) is 35.8 Å². The van der Waals surface area contributed by atoms with Crippen LogP contribution in [0.1, 0.15) is 31.9 Å². The van der Waals surface area contributed by atoms with Crippen molar-refractivity contribution in [1.29, 1.82) is 5.26 Å². The van der Waals surface area contributed by atoms with E-state index in [0.29, 0.717) is 10.0 Å². The Bertz CT molecular complexity index is 378. The third-order valence-electron chi connectivity index (χ3n) is 2.41. The van der Waals surface area contributed by atoms with Crippen molar-refractivity contribution in [3.63, 3.8) is 0 Å². The van der Waals surface area contributed by atoms with Crippen molar-refractivity contribution in [3.8, 4) is 6.07 Å². The molecule has 2 unspecified atom stereocenters. The Labute approximate surface area is 106 Å². The van der Waals surface area contributed by atoms with E-state index in [1.807, 2.05) is 6.92 Å². The molecule has 0 radical (unpaired) electrons. The zero-order valence-electron chi connectivity index (χ0n) is 9.30. The highest BCUT2D eigenvalue weighted by Gasteiger charge is 2.13. The van der Waals surface area contributed by atoms with Gasteiger partial charge in [0.1, 0.15) is 6.04 Å². The Kier molecular flexibility index (Phi) is 5.08. The molecule has 16 heavy (non-hydrogen) atoms. The Morgan fingerprint density at radius 1 is 1.31 bits per heavy atom. The molecule has 0 heterocycles. The number of nitrogens with zero attached hydrogens (tertiary/aromatic N) is 1. The van der Waals surface area contributed by atoms with Crippen molar-refractivity contribution >= 4 is 23.2 Å². The summed E-state index contributed by atoms with van der Waals surface area (Å²) < 4.78 is 0. The van der Waals surface area contributed by atoms with E-state index < -0.39 is 0 Å². The molecule has 86 valence electrons. The molecule has 4 heteroatoms. The van der Waals surface area contributed by atoms with Gasteiger partial charge in [0.2, 0.25) is 0 Å². The molecule has 0 fully saturated rings. The lowest BCUT2D eigenvalue weighted by Gasteiger charge is -2.17. The Hall–Kier alpha value is -0.750. The quantitative estimate of drug-likeness (QED) is 0.886. The van der Waals surface area contributed by atoms with E-state index in [9.17, 15) is 0 Å². The number of hydrogen-bond acceptors (Lipinski definition) is 2. The van der Waals surface area contributed by atoms with Crippen molar-refractivity contribution < 1.29 is 0 Å². The molecule has 0 bridgehead atoms. The van der Waals surface area contributed by atoms with Crippen LogP contribution >= 0.6 is 23.2 Å². The van der Waals surface area contributed by atoms with E-state index in [4.69, 9.17) is 28.5 Å². The molecule has 0 saturated heterocycles. The van der Waals surface area contributed by atoms with Crippen molar-refractivity contribution in [2.45, 2.75) is 32.4 Å². The predicted octanol–water partition coefficient (Wildman–Crippen LogP) is 3.95. The van der Waals surface area contributed by atoms with Gasteiger partial charge in [-0.25, -0.2) is 0 Å². The summed E-state index contributed by atoms with van der Waals surface area (Å²) in [5, 5.41) is 13.4. The Morgan fingerprint density at radius 2 is 1.88 bits per heavy atom. The first-order valence-corrected chi connectivity index (χ1v) is 5.94. The summed E-state index contributed by atoms with van der Waals surface area (Å²) in [6.07, 6.45) is 0.965. The summed E-state index contributed by atoms with van der Waals surface area (Å²) in [5.74, 6) is 0. The minimum absolute atomic E-state index is 0.280. The smallest absolute Gasteiger partial charge is 0.121 e. The summed E-state index contributed by atoms with van der Waals surface area (Å²) >= 11 is 11.8. The van der Waals surface area contributed by atoms with E-state index in [0.717, 1.165) is 12.0 Å². The average molecular weight is 257 g/mol. The number of nitriles is 1. The molecule has 1 aromatic carbocycles. The van der Waals surface area contributed by atoms with E-state index in [-0.39, 0.29) is 12.1 Å². The van der Waals surface area contributed by atoms with Crippen LogP contribution in [0.25, 0.3) is 0 Å². The highest BCUT2D eigenvalue weighted by atomic mass is 35.5. The minimum Gasteiger partial charge on any atom is -0.296 e. The van der Waals surface area contributed by atoms with Gasteiger partial charge in [-0.15, -0.1) is 0 Å². The lowest BCUT2D eigenvalue weighted by Crippen LogP contribution is -2.29. The predicted molar refractivity (Wildman–Crippen MR) is 67.7 cm³/mol. The van der Waals surface area contributed by atoms with Gasteiger partial charge in [-0.05, 0) is 37.1 Å². The summed E-state index contributed by atoms with van der Waals surface area (Å²) in [4.78, 5) is 0. The van der Waals surface area contributed by atoms with Crippen molar-refractivity contribution in [1.82, 2.24) is 5.32 Å². The second kappa shape index (κ2) is 6.10. The highest BCUT2D eigenvalue weighted by Crippen LogP contribution is 2.23. The van der Waals surface area contributed by atoms with Gasteiger partial charge < -0.3 is 0 Å². The fraction of sp³-hybridized carbons (Fsp3) is 0.417. The molecule has 0 aromatic heterocycles. The van der Waals surface area contributed by atoms with Crippen LogP contribution in [0, 0.1) is 11.3 Å². The Morgan fingerprint density at radius 3 is 2.31 bits per heavy atom. The van der Waals surface area contributed by atoms with Gasteiger partial charge in [-0.2, -0.15) is 5.26 Å².